The highest BCUT2D eigenvalue weighted by molar-refractivity contribution is 5.93. The van der Waals surface area contributed by atoms with E-state index < -0.39 is 17.6 Å². The van der Waals surface area contributed by atoms with Crippen LogP contribution in [0.3, 0.4) is 0 Å². The molecule has 4 aromatic heterocycles. The number of carbonyl (C=O) groups excluding carboxylic acids is 1. The summed E-state index contributed by atoms with van der Waals surface area (Å²) in [5.41, 5.74) is 4.51. The van der Waals surface area contributed by atoms with Crippen LogP contribution in [0.25, 0.3) is 11.0 Å². The molecule has 12 heteroatoms. The zero-order valence-electron chi connectivity index (χ0n) is 20.7. The monoisotopic (exact) mass is 488 g/mol. The first kappa shape index (κ1) is 24.4. The number of aromatic nitrogens is 7. The van der Waals surface area contributed by atoms with Crippen molar-refractivity contribution >= 4 is 22.6 Å². The molecule has 9 nitrogen and oxygen atoms in total. The van der Waals surface area contributed by atoms with Gasteiger partial charge in [-0.15, -0.1) is 0 Å². The van der Waals surface area contributed by atoms with Crippen molar-refractivity contribution in [3.63, 3.8) is 0 Å². The maximum atomic E-state index is 13.6. The zero-order valence-corrected chi connectivity index (χ0v) is 20.7. The lowest BCUT2D eigenvalue weighted by molar-refractivity contribution is -0.136. The van der Waals surface area contributed by atoms with Gasteiger partial charge < -0.3 is 5.32 Å². The van der Waals surface area contributed by atoms with Crippen LogP contribution in [-0.4, -0.2) is 40.2 Å². The van der Waals surface area contributed by atoms with Crippen LogP contribution >= 0.6 is 0 Å². The van der Waals surface area contributed by atoms with Gasteiger partial charge in [0.25, 0.3) is 0 Å². The van der Waals surface area contributed by atoms with Crippen molar-refractivity contribution in [2.24, 2.45) is 7.05 Å². The third-order valence-electron chi connectivity index (χ3n) is 6.22. The van der Waals surface area contributed by atoms with E-state index in [1.54, 1.807) is 11.6 Å². The summed E-state index contributed by atoms with van der Waals surface area (Å²) in [5, 5.41) is 15.9. The number of nitrogens with one attached hydrogen (secondary N) is 1. The number of anilines is 1. The van der Waals surface area contributed by atoms with Crippen LogP contribution in [0.2, 0.25) is 0 Å². The van der Waals surface area contributed by atoms with Crippen molar-refractivity contribution in [1.29, 1.82) is 0 Å². The summed E-state index contributed by atoms with van der Waals surface area (Å²) >= 11 is 0. The average Bonchev–Trinajstić information content (AvgIpc) is 3.29. The predicted octanol–water partition coefficient (Wildman–Crippen LogP) is 3.92. The number of halogens is 3. The quantitative estimate of drug-likeness (QED) is 0.460. The van der Waals surface area contributed by atoms with Crippen molar-refractivity contribution in [3.05, 3.63) is 51.4 Å². The molecule has 4 heterocycles. The number of rotatable bonds is 5. The third-order valence-corrected chi connectivity index (χ3v) is 6.22. The molecule has 0 fully saturated rings. The minimum absolute atomic E-state index is 0.0247. The molecule has 0 unspecified atom stereocenters. The molecule has 35 heavy (non-hydrogen) atoms. The SMILES string of the molecule is Cc1cc(C(F)(F)F)c2c(C)nn(CC(=O)Nc3c(C)nn(Cc4c(C)nn(C)c4C)c3C)c2n1. The Kier molecular flexibility index (Phi) is 5.94. The number of alkyl halides is 3. The Morgan fingerprint density at radius 2 is 1.60 bits per heavy atom. The van der Waals surface area contributed by atoms with Crippen LogP contribution in [0.15, 0.2) is 6.07 Å². The molecule has 0 atom stereocenters. The highest BCUT2D eigenvalue weighted by Gasteiger charge is 2.35. The van der Waals surface area contributed by atoms with Gasteiger partial charge >= 0.3 is 6.18 Å². The third kappa shape index (κ3) is 4.40. The Hall–Kier alpha value is -3.70. The molecule has 0 saturated heterocycles. The highest BCUT2D eigenvalue weighted by atomic mass is 19.4. The van der Waals surface area contributed by atoms with E-state index >= 15 is 0 Å². The molecule has 0 aliphatic rings. The van der Waals surface area contributed by atoms with Crippen molar-refractivity contribution in [2.75, 3.05) is 5.32 Å². The van der Waals surface area contributed by atoms with Gasteiger partial charge in [-0.3, -0.25) is 14.2 Å². The van der Waals surface area contributed by atoms with Crippen molar-refractivity contribution in [2.45, 2.75) is 60.8 Å². The van der Waals surface area contributed by atoms with E-state index in [1.807, 2.05) is 32.5 Å². The Morgan fingerprint density at radius 3 is 2.20 bits per heavy atom. The Balaban J connectivity index is 1.61. The fourth-order valence-corrected chi connectivity index (χ4v) is 4.36. The maximum absolute atomic E-state index is 13.6. The molecule has 4 aromatic rings. The fraction of sp³-hybridized carbons (Fsp3) is 0.435. The van der Waals surface area contributed by atoms with Crippen molar-refractivity contribution in [3.8, 4) is 0 Å². The lowest BCUT2D eigenvalue weighted by Crippen LogP contribution is -2.20. The predicted molar refractivity (Wildman–Crippen MR) is 124 cm³/mol. The molecular formula is C23H27F3N8O. The van der Waals surface area contributed by atoms with Crippen LogP contribution in [0, 0.1) is 41.5 Å². The second kappa shape index (κ2) is 8.51. The van der Waals surface area contributed by atoms with Gasteiger partial charge in [0.2, 0.25) is 5.91 Å². The molecule has 0 bridgehead atoms. The minimum atomic E-state index is -4.55. The van der Waals surface area contributed by atoms with Gasteiger partial charge in [-0.25, -0.2) is 9.67 Å². The van der Waals surface area contributed by atoms with E-state index in [0.717, 1.165) is 28.7 Å². The first-order valence-electron chi connectivity index (χ1n) is 11.0. The zero-order chi connectivity index (χ0) is 25.8. The van der Waals surface area contributed by atoms with Gasteiger partial charge in [0.15, 0.2) is 5.65 Å². The van der Waals surface area contributed by atoms with E-state index in [2.05, 4.69) is 25.6 Å². The molecule has 0 aromatic carbocycles. The number of amides is 1. The number of hydrogen-bond donors (Lipinski definition) is 1. The topological polar surface area (TPSA) is 95.5 Å². The summed E-state index contributed by atoms with van der Waals surface area (Å²) in [4.78, 5) is 17.1. The van der Waals surface area contributed by atoms with Gasteiger partial charge in [-0.05, 0) is 47.6 Å². The van der Waals surface area contributed by atoms with Crippen molar-refractivity contribution < 1.29 is 18.0 Å². The van der Waals surface area contributed by atoms with E-state index in [-0.39, 0.29) is 29.0 Å². The lowest BCUT2D eigenvalue weighted by atomic mass is 10.1. The number of hydrogen-bond acceptors (Lipinski definition) is 5. The number of aryl methyl sites for hydroxylation is 5. The molecule has 0 aliphatic carbocycles. The van der Waals surface area contributed by atoms with E-state index in [9.17, 15) is 18.0 Å². The largest absolute Gasteiger partial charge is 0.417 e. The second-order valence-corrected chi connectivity index (χ2v) is 8.78. The van der Waals surface area contributed by atoms with Crippen LogP contribution < -0.4 is 5.32 Å². The number of carbonyl (C=O) groups is 1. The summed E-state index contributed by atoms with van der Waals surface area (Å²) in [5.74, 6) is -0.439. The van der Waals surface area contributed by atoms with Crippen LogP contribution in [0.5, 0.6) is 0 Å². The molecule has 0 saturated carbocycles. The van der Waals surface area contributed by atoms with Gasteiger partial charge in [-0.2, -0.15) is 28.5 Å². The summed E-state index contributed by atoms with van der Waals surface area (Å²) in [6.07, 6.45) is -4.55. The number of pyridine rings is 1. The van der Waals surface area contributed by atoms with Gasteiger partial charge in [0.1, 0.15) is 6.54 Å². The summed E-state index contributed by atoms with van der Waals surface area (Å²) in [6, 6.07) is 0.994. The number of fused-ring (bicyclic) bond motifs is 1. The Labute approximate surface area is 199 Å². The fourth-order valence-electron chi connectivity index (χ4n) is 4.36. The Bertz CT molecular complexity index is 1460. The van der Waals surface area contributed by atoms with Gasteiger partial charge in [-0.1, -0.05) is 0 Å². The van der Waals surface area contributed by atoms with Crippen LogP contribution in [-0.2, 0) is 31.1 Å². The highest BCUT2D eigenvalue weighted by Crippen LogP contribution is 2.36. The molecule has 0 radical (unpaired) electrons. The van der Waals surface area contributed by atoms with Crippen molar-refractivity contribution in [1.82, 2.24) is 34.3 Å². The minimum Gasteiger partial charge on any atom is -0.321 e. The second-order valence-electron chi connectivity index (χ2n) is 8.78. The Morgan fingerprint density at radius 1 is 0.943 bits per heavy atom. The molecule has 4 rings (SSSR count). The van der Waals surface area contributed by atoms with E-state index in [4.69, 9.17) is 0 Å². The molecule has 0 aliphatic heterocycles. The van der Waals surface area contributed by atoms with Crippen LogP contribution in [0.1, 0.15) is 45.3 Å². The molecular weight excluding hydrogens is 461 g/mol. The molecule has 1 amide bonds. The summed E-state index contributed by atoms with van der Waals surface area (Å²) in [6.45, 7) is 10.7. The van der Waals surface area contributed by atoms with Gasteiger partial charge in [0, 0.05) is 24.0 Å². The van der Waals surface area contributed by atoms with E-state index in [0.29, 0.717) is 17.9 Å². The summed E-state index contributed by atoms with van der Waals surface area (Å²) < 4.78 is 45.6. The molecule has 186 valence electrons. The number of nitrogens with zero attached hydrogens (tertiary/aromatic N) is 7. The molecule has 1 N–H and O–H groups in total. The first-order valence-corrected chi connectivity index (χ1v) is 11.0. The molecule has 0 spiro atoms. The smallest absolute Gasteiger partial charge is 0.321 e. The summed E-state index contributed by atoms with van der Waals surface area (Å²) in [7, 11) is 1.88. The lowest BCUT2D eigenvalue weighted by Gasteiger charge is -2.10. The maximum Gasteiger partial charge on any atom is 0.417 e. The first-order chi connectivity index (χ1) is 16.3. The average molecular weight is 489 g/mol. The van der Waals surface area contributed by atoms with E-state index in [1.165, 1.54) is 18.5 Å². The van der Waals surface area contributed by atoms with Gasteiger partial charge in [0.05, 0.1) is 46.0 Å². The normalized spacial score (nSPS) is 12.1. The standard InChI is InChI=1S/C23H27F3N8O/c1-11-8-18(23(24,25)26)20-13(3)30-34(22(20)27-11)10-19(35)28-21-14(4)31-33(16(21)6)9-17-12(2)29-32(7)15(17)5/h8H,9-10H2,1-7H3,(H,28,35). The van der Waals surface area contributed by atoms with Crippen LogP contribution in [0.4, 0.5) is 18.9 Å².